The largest absolute Gasteiger partial charge is 0.395 e. The molecule has 0 unspecified atom stereocenters. The van der Waals surface area contributed by atoms with Gasteiger partial charge in [0.15, 0.2) is 5.65 Å². The first-order valence-electron chi connectivity index (χ1n) is 11.3. The maximum absolute atomic E-state index is 10.5. The Hall–Kier alpha value is -3.77. The van der Waals surface area contributed by atoms with Crippen LogP contribution >= 0.6 is 0 Å². The van der Waals surface area contributed by atoms with Crippen LogP contribution in [0.4, 0.5) is 23.4 Å². The highest BCUT2D eigenvalue weighted by Gasteiger charge is 2.15. The average Bonchev–Trinajstić information content (AvgIpc) is 3.26. The standard InChI is InChI=1S/C7H9N5O.C7H16O3.C6H9N5O3/c8-7-9-3-5-6(11-7)12(1-2-13)4-10-5;1-4-8-7(9-5-2)10-6-3;7-6-9-3-4(11(13)14)5(10-6)8-1-2-12/h3-4,13H,1-2H2,(H2,8,9,11);7H,4-6H2,1-3H3;3,12H,1-2H2,(H3,7,8,9,10). The third-order valence-electron chi connectivity index (χ3n) is 4.02. The third kappa shape index (κ3) is 11.2. The summed E-state index contributed by atoms with van der Waals surface area (Å²) < 4.78 is 17.0. The first-order chi connectivity index (χ1) is 17.8. The van der Waals surface area contributed by atoms with Crippen LogP contribution in [0.3, 0.4) is 0 Å². The van der Waals surface area contributed by atoms with E-state index in [-0.39, 0.29) is 43.2 Å². The lowest BCUT2D eigenvalue weighted by Crippen LogP contribution is -2.20. The van der Waals surface area contributed by atoms with Crippen molar-refractivity contribution in [2.75, 3.05) is 56.4 Å². The Morgan fingerprint density at radius 1 is 1.00 bits per heavy atom. The molecule has 3 heterocycles. The van der Waals surface area contributed by atoms with Crippen molar-refractivity contribution in [3.8, 4) is 0 Å². The van der Waals surface area contributed by atoms with Gasteiger partial charge in [0.05, 0.1) is 30.7 Å². The topological polar surface area (TPSA) is 245 Å². The van der Waals surface area contributed by atoms with Crippen molar-refractivity contribution in [2.24, 2.45) is 0 Å². The van der Waals surface area contributed by atoms with E-state index in [1.54, 1.807) is 17.1 Å². The normalized spacial score (nSPS) is 10.4. The molecule has 0 saturated carbocycles. The highest BCUT2D eigenvalue weighted by atomic mass is 16.8. The number of anilines is 3. The number of ether oxygens (including phenoxy) is 3. The van der Waals surface area contributed by atoms with Crippen molar-refractivity contribution >= 4 is 34.6 Å². The zero-order chi connectivity index (χ0) is 27.6. The zero-order valence-electron chi connectivity index (χ0n) is 21.0. The molecule has 0 atom stereocenters. The van der Waals surface area contributed by atoms with E-state index in [0.717, 1.165) is 6.20 Å². The molecule has 3 aromatic rings. The Balaban J connectivity index is 0.000000282. The molecule has 3 rings (SSSR count). The summed E-state index contributed by atoms with van der Waals surface area (Å²) in [5.74, 6) is 0.166. The van der Waals surface area contributed by atoms with Gasteiger partial charge in [0, 0.05) is 32.9 Å². The van der Waals surface area contributed by atoms with Crippen LogP contribution in [0.5, 0.6) is 0 Å². The lowest BCUT2D eigenvalue weighted by Gasteiger charge is -2.15. The lowest BCUT2D eigenvalue weighted by atomic mass is 10.4. The first kappa shape index (κ1) is 31.3. The maximum Gasteiger partial charge on any atom is 0.329 e. The minimum atomic E-state index is -0.626. The van der Waals surface area contributed by atoms with Gasteiger partial charge in [-0.15, -0.1) is 0 Å². The Morgan fingerprint density at radius 2 is 1.59 bits per heavy atom. The second kappa shape index (κ2) is 17.6. The Kier molecular flexibility index (Phi) is 14.9. The number of fused-ring (bicyclic) bond motifs is 1. The second-order valence-electron chi connectivity index (χ2n) is 6.62. The van der Waals surface area contributed by atoms with E-state index >= 15 is 0 Å². The Morgan fingerprint density at radius 3 is 2.14 bits per heavy atom. The van der Waals surface area contributed by atoms with Crippen LogP contribution in [0.2, 0.25) is 0 Å². The van der Waals surface area contributed by atoms with E-state index in [0.29, 0.717) is 37.5 Å². The summed E-state index contributed by atoms with van der Waals surface area (Å²) in [4.78, 5) is 28.8. The predicted molar refractivity (Wildman–Crippen MR) is 134 cm³/mol. The smallest absolute Gasteiger partial charge is 0.329 e. The summed E-state index contributed by atoms with van der Waals surface area (Å²) >= 11 is 0. The SMILES string of the molecule is CCOC(OCC)OCC.Nc1ncc([N+](=O)[O-])c(NCCO)n1.Nc1ncc2ncn(CCO)c2n1. The number of nitrogens with zero attached hydrogens (tertiary/aromatic N) is 7. The summed E-state index contributed by atoms with van der Waals surface area (Å²) in [5, 5.41) is 30.3. The number of hydrogen-bond donors (Lipinski definition) is 5. The highest BCUT2D eigenvalue weighted by Crippen LogP contribution is 2.20. The van der Waals surface area contributed by atoms with Crippen molar-refractivity contribution in [2.45, 2.75) is 33.8 Å². The third-order valence-corrected chi connectivity index (χ3v) is 4.02. The van der Waals surface area contributed by atoms with Gasteiger partial charge in [0.1, 0.15) is 11.7 Å². The molecule has 0 aromatic carbocycles. The van der Waals surface area contributed by atoms with Crippen molar-refractivity contribution in [1.29, 1.82) is 0 Å². The molecule has 0 aliphatic rings. The Bertz CT molecular complexity index is 1050. The summed E-state index contributed by atoms with van der Waals surface area (Å²) in [6.07, 6.45) is 4.18. The fourth-order valence-electron chi connectivity index (χ4n) is 2.52. The molecule has 37 heavy (non-hydrogen) atoms. The molecule has 17 heteroatoms. The lowest BCUT2D eigenvalue weighted by molar-refractivity contribution is -0.384. The van der Waals surface area contributed by atoms with Gasteiger partial charge in [-0.25, -0.2) is 15.0 Å². The quantitative estimate of drug-likeness (QED) is 0.120. The van der Waals surface area contributed by atoms with Gasteiger partial charge in [-0.1, -0.05) is 0 Å². The summed E-state index contributed by atoms with van der Waals surface area (Å²) in [7, 11) is 0. The molecule has 0 saturated heterocycles. The minimum Gasteiger partial charge on any atom is -0.395 e. The molecule has 0 bridgehead atoms. The molecule has 0 radical (unpaired) electrons. The van der Waals surface area contributed by atoms with Crippen LogP contribution in [0.15, 0.2) is 18.7 Å². The van der Waals surface area contributed by atoms with Crippen LogP contribution in [0.25, 0.3) is 11.2 Å². The summed E-state index contributed by atoms with van der Waals surface area (Å²) in [6, 6.07) is 0. The number of aromatic nitrogens is 6. The van der Waals surface area contributed by atoms with Crippen LogP contribution in [-0.2, 0) is 20.8 Å². The molecule has 3 aromatic heterocycles. The molecular formula is C20H34N10O7. The molecule has 0 amide bonds. The van der Waals surface area contributed by atoms with Gasteiger partial charge < -0.3 is 45.8 Å². The van der Waals surface area contributed by atoms with E-state index < -0.39 is 11.4 Å². The number of nitrogens with one attached hydrogen (secondary N) is 1. The second-order valence-corrected chi connectivity index (χ2v) is 6.62. The number of nitrogens with two attached hydrogens (primary N) is 2. The van der Waals surface area contributed by atoms with E-state index in [9.17, 15) is 10.1 Å². The van der Waals surface area contributed by atoms with Gasteiger partial charge in [-0.05, 0) is 20.8 Å². The molecular weight excluding hydrogens is 492 g/mol. The average molecular weight is 527 g/mol. The molecule has 17 nitrogen and oxygen atoms in total. The molecule has 0 spiro atoms. The van der Waals surface area contributed by atoms with Gasteiger partial charge in [0.25, 0.3) is 6.48 Å². The molecule has 0 fully saturated rings. The van der Waals surface area contributed by atoms with Crippen molar-refractivity contribution < 1.29 is 29.3 Å². The number of nitrogen functional groups attached to an aromatic ring is 2. The van der Waals surface area contributed by atoms with E-state index in [2.05, 4.69) is 30.2 Å². The van der Waals surface area contributed by atoms with Gasteiger partial charge in [0.2, 0.25) is 17.7 Å². The Labute approximate surface area is 213 Å². The number of aliphatic hydroxyl groups excluding tert-OH is 2. The first-order valence-corrected chi connectivity index (χ1v) is 11.3. The van der Waals surface area contributed by atoms with Gasteiger partial charge in [-0.2, -0.15) is 9.97 Å². The highest BCUT2D eigenvalue weighted by molar-refractivity contribution is 5.70. The van der Waals surface area contributed by atoms with E-state index in [4.69, 9.17) is 35.9 Å². The number of imidazole rings is 1. The van der Waals surface area contributed by atoms with Crippen molar-refractivity contribution in [3.63, 3.8) is 0 Å². The molecule has 206 valence electrons. The number of aliphatic hydroxyl groups is 2. The zero-order valence-corrected chi connectivity index (χ0v) is 21.0. The van der Waals surface area contributed by atoms with Gasteiger partial charge >= 0.3 is 5.69 Å². The fourth-order valence-corrected chi connectivity index (χ4v) is 2.52. The number of rotatable bonds is 12. The maximum atomic E-state index is 10.5. The molecule has 0 aliphatic carbocycles. The molecule has 0 aliphatic heterocycles. The predicted octanol–water partition coefficient (Wildman–Crippen LogP) is 0.152. The van der Waals surface area contributed by atoms with Crippen LogP contribution in [-0.4, -0.2) is 90.7 Å². The van der Waals surface area contributed by atoms with Crippen LogP contribution in [0.1, 0.15) is 20.8 Å². The van der Waals surface area contributed by atoms with Crippen molar-refractivity contribution in [3.05, 3.63) is 28.8 Å². The minimum absolute atomic E-state index is 0.0107. The number of hydrogen-bond acceptors (Lipinski definition) is 15. The summed E-state index contributed by atoms with van der Waals surface area (Å²) in [5.41, 5.74) is 11.7. The molecule has 7 N–H and O–H groups in total. The van der Waals surface area contributed by atoms with Crippen LogP contribution < -0.4 is 16.8 Å². The number of nitro groups is 1. The van der Waals surface area contributed by atoms with E-state index in [1.165, 1.54) is 0 Å². The fraction of sp³-hybridized carbons (Fsp3) is 0.550. The van der Waals surface area contributed by atoms with Gasteiger partial charge in [-0.3, -0.25) is 10.1 Å². The van der Waals surface area contributed by atoms with Crippen molar-refractivity contribution in [1.82, 2.24) is 29.5 Å². The monoisotopic (exact) mass is 526 g/mol. The van der Waals surface area contributed by atoms with Crippen LogP contribution in [0, 0.1) is 10.1 Å². The summed E-state index contributed by atoms with van der Waals surface area (Å²) in [6.45, 7) is 7.63. The van der Waals surface area contributed by atoms with E-state index in [1.807, 2.05) is 20.8 Å².